The molecule has 128 valence electrons. The highest BCUT2D eigenvalue weighted by Gasteiger charge is 2.23. The first kappa shape index (κ1) is 17.7. The zero-order chi connectivity index (χ0) is 16.7. The van der Waals surface area contributed by atoms with Gasteiger partial charge in [0, 0.05) is 13.0 Å². The first-order chi connectivity index (χ1) is 11.0. The van der Waals surface area contributed by atoms with Gasteiger partial charge in [0.1, 0.15) is 5.75 Å². The molecule has 0 bridgehead atoms. The number of amides is 1. The number of rotatable bonds is 7. The molecule has 1 heterocycles. The molecule has 0 aliphatic carbocycles. The Balaban J connectivity index is 1.78. The Kier molecular flexibility index (Phi) is 6.41. The summed E-state index contributed by atoms with van der Waals surface area (Å²) in [7, 11) is -2.05. The Labute approximate surface area is 137 Å². The fourth-order valence-electron chi connectivity index (χ4n) is 2.50. The van der Waals surface area contributed by atoms with Crippen molar-refractivity contribution in [3.63, 3.8) is 0 Å². The number of nitrogens with one attached hydrogen (secondary N) is 1. The van der Waals surface area contributed by atoms with Crippen LogP contribution in [0.25, 0.3) is 0 Å². The molecule has 0 aromatic heterocycles. The van der Waals surface area contributed by atoms with E-state index in [4.69, 9.17) is 9.47 Å². The van der Waals surface area contributed by atoms with Crippen molar-refractivity contribution in [3.05, 3.63) is 29.8 Å². The van der Waals surface area contributed by atoms with Crippen LogP contribution in [0.4, 0.5) is 0 Å². The number of benzene rings is 1. The van der Waals surface area contributed by atoms with Crippen molar-refractivity contribution in [2.24, 2.45) is 0 Å². The molecule has 2 rings (SSSR count). The standard InChI is InChI=1S/C16H23NO5S/c1-21-14-8-5-13(6-9-14)7-10-16(18)17-23(19,20)12-15-4-2-3-11-22-15/h5-6,8-9,15H,2-4,7,10-12H2,1H3,(H,17,18)/t15-/m1/s1. The zero-order valence-corrected chi connectivity index (χ0v) is 14.1. The lowest BCUT2D eigenvalue weighted by Crippen LogP contribution is -2.38. The van der Waals surface area contributed by atoms with E-state index in [0.717, 1.165) is 30.6 Å². The zero-order valence-electron chi connectivity index (χ0n) is 13.3. The number of carbonyl (C=O) groups is 1. The van der Waals surface area contributed by atoms with E-state index in [1.807, 2.05) is 24.3 Å². The van der Waals surface area contributed by atoms with Crippen LogP contribution in [0.15, 0.2) is 24.3 Å². The number of hydrogen-bond donors (Lipinski definition) is 1. The van der Waals surface area contributed by atoms with Gasteiger partial charge < -0.3 is 9.47 Å². The molecule has 0 unspecified atom stereocenters. The Morgan fingerprint density at radius 3 is 2.65 bits per heavy atom. The number of aryl methyl sites for hydroxylation is 1. The van der Waals surface area contributed by atoms with E-state index < -0.39 is 15.9 Å². The van der Waals surface area contributed by atoms with Crippen LogP contribution in [-0.2, 0) is 26.0 Å². The van der Waals surface area contributed by atoms with Gasteiger partial charge >= 0.3 is 0 Å². The molecule has 6 nitrogen and oxygen atoms in total. The van der Waals surface area contributed by atoms with Crippen LogP contribution in [0.1, 0.15) is 31.2 Å². The van der Waals surface area contributed by atoms with Crippen LogP contribution in [0.2, 0.25) is 0 Å². The van der Waals surface area contributed by atoms with Gasteiger partial charge in [-0.05, 0) is 43.4 Å². The molecule has 1 aliphatic heterocycles. The number of hydrogen-bond acceptors (Lipinski definition) is 5. The normalized spacial score (nSPS) is 18.4. The Hall–Kier alpha value is -1.60. The van der Waals surface area contributed by atoms with Crippen LogP contribution < -0.4 is 9.46 Å². The molecule has 1 aromatic rings. The van der Waals surface area contributed by atoms with Gasteiger partial charge in [0.05, 0.1) is 19.0 Å². The van der Waals surface area contributed by atoms with Gasteiger partial charge in [0.25, 0.3) is 0 Å². The van der Waals surface area contributed by atoms with Crippen molar-refractivity contribution in [1.29, 1.82) is 0 Å². The van der Waals surface area contributed by atoms with Crippen molar-refractivity contribution in [2.75, 3.05) is 19.5 Å². The van der Waals surface area contributed by atoms with Gasteiger partial charge in [-0.1, -0.05) is 12.1 Å². The minimum absolute atomic E-state index is 0.122. The van der Waals surface area contributed by atoms with Crippen molar-refractivity contribution >= 4 is 15.9 Å². The number of carbonyl (C=O) groups excluding carboxylic acids is 1. The summed E-state index contributed by atoms with van der Waals surface area (Å²) >= 11 is 0. The lowest BCUT2D eigenvalue weighted by Gasteiger charge is -2.22. The van der Waals surface area contributed by atoms with Crippen LogP contribution in [-0.4, -0.2) is 39.9 Å². The first-order valence-corrected chi connectivity index (χ1v) is 9.41. The molecule has 1 atom stereocenters. The lowest BCUT2D eigenvalue weighted by atomic mass is 10.1. The van der Waals surface area contributed by atoms with E-state index in [2.05, 4.69) is 4.72 Å². The van der Waals surface area contributed by atoms with Gasteiger partial charge in [0.2, 0.25) is 15.9 Å². The van der Waals surface area contributed by atoms with Gasteiger partial charge in [-0.25, -0.2) is 8.42 Å². The fraction of sp³-hybridized carbons (Fsp3) is 0.562. The maximum atomic E-state index is 12.0. The Bertz CT molecular complexity index is 606. The monoisotopic (exact) mass is 341 g/mol. The molecule has 1 saturated heterocycles. The van der Waals surface area contributed by atoms with E-state index in [-0.39, 0.29) is 18.3 Å². The first-order valence-electron chi connectivity index (χ1n) is 7.76. The molecular formula is C16H23NO5S. The minimum atomic E-state index is -3.64. The van der Waals surface area contributed by atoms with Gasteiger partial charge in [-0.15, -0.1) is 0 Å². The summed E-state index contributed by atoms with van der Waals surface area (Å²) in [6.45, 7) is 0.589. The molecule has 1 N–H and O–H groups in total. The lowest BCUT2D eigenvalue weighted by molar-refractivity contribution is -0.119. The summed E-state index contributed by atoms with van der Waals surface area (Å²) in [5.41, 5.74) is 0.953. The maximum Gasteiger partial charge on any atom is 0.237 e. The fourth-order valence-corrected chi connectivity index (χ4v) is 3.78. The molecule has 0 saturated carbocycles. The number of sulfonamides is 1. The van der Waals surface area contributed by atoms with Crippen molar-refractivity contribution in [2.45, 2.75) is 38.2 Å². The molecule has 1 amide bonds. The second-order valence-electron chi connectivity index (χ2n) is 5.64. The topological polar surface area (TPSA) is 81.7 Å². The molecule has 7 heteroatoms. The maximum absolute atomic E-state index is 12.0. The molecule has 1 aromatic carbocycles. The predicted octanol–water partition coefficient (Wildman–Crippen LogP) is 1.64. The third-order valence-electron chi connectivity index (χ3n) is 3.75. The number of ether oxygens (including phenoxy) is 2. The summed E-state index contributed by atoms with van der Waals surface area (Å²) < 4.78 is 36.5. The average Bonchev–Trinajstić information content (AvgIpc) is 2.53. The summed E-state index contributed by atoms with van der Waals surface area (Å²) in [4.78, 5) is 11.8. The summed E-state index contributed by atoms with van der Waals surface area (Å²) in [6, 6.07) is 7.34. The summed E-state index contributed by atoms with van der Waals surface area (Å²) in [5, 5.41) is 0. The largest absolute Gasteiger partial charge is 0.497 e. The Morgan fingerprint density at radius 2 is 2.04 bits per heavy atom. The van der Waals surface area contributed by atoms with E-state index in [1.54, 1.807) is 7.11 Å². The highest BCUT2D eigenvalue weighted by molar-refractivity contribution is 7.90. The van der Waals surface area contributed by atoms with Crippen LogP contribution in [0.5, 0.6) is 5.75 Å². The van der Waals surface area contributed by atoms with Crippen LogP contribution in [0.3, 0.4) is 0 Å². The van der Waals surface area contributed by atoms with Gasteiger partial charge in [-0.3, -0.25) is 9.52 Å². The molecule has 1 aliphatic rings. The van der Waals surface area contributed by atoms with E-state index >= 15 is 0 Å². The van der Waals surface area contributed by atoms with Gasteiger partial charge in [0.15, 0.2) is 0 Å². The average molecular weight is 341 g/mol. The van der Waals surface area contributed by atoms with Crippen LogP contribution in [0, 0.1) is 0 Å². The Morgan fingerprint density at radius 1 is 1.30 bits per heavy atom. The molecule has 1 fully saturated rings. The second kappa shape index (κ2) is 8.31. The quantitative estimate of drug-likeness (QED) is 0.815. The van der Waals surface area contributed by atoms with Crippen molar-refractivity contribution in [3.8, 4) is 5.75 Å². The third-order valence-corrected chi connectivity index (χ3v) is 5.10. The van der Waals surface area contributed by atoms with E-state index in [0.29, 0.717) is 13.0 Å². The van der Waals surface area contributed by atoms with Crippen molar-refractivity contribution in [1.82, 2.24) is 4.72 Å². The predicted molar refractivity (Wildman–Crippen MR) is 86.8 cm³/mol. The minimum Gasteiger partial charge on any atom is -0.497 e. The van der Waals surface area contributed by atoms with Gasteiger partial charge in [-0.2, -0.15) is 0 Å². The summed E-state index contributed by atoms with van der Waals surface area (Å²) in [6.07, 6.45) is 2.94. The highest BCUT2D eigenvalue weighted by Crippen LogP contribution is 2.15. The SMILES string of the molecule is COc1ccc(CCC(=O)NS(=O)(=O)C[C@H]2CCCCO2)cc1. The molecule has 0 radical (unpaired) electrons. The van der Waals surface area contributed by atoms with E-state index in [9.17, 15) is 13.2 Å². The highest BCUT2D eigenvalue weighted by atomic mass is 32.2. The van der Waals surface area contributed by atoms with E-state index in [1.165, 1.54) is 0 Å². The molecular weight excluding hydrogens is 318 g/mol. The molecule has 23 heavy (non-hydrogen) atoms. The number of methoxy groups -OCH3 is 1. The molecule has 0 spiro atoms. The summed E-state index contributed by atoms with van der Waals surface area (Å²) in [5.74, 6) is 0.103. The smallest absolute Gasteiger partial charge is 0.237 e. The third kappa shape index (κ3) is 6.19. The second-order valence-corrected chi connectivity index (χ2v) is 7.41. The van der Waals surface area contributed by atoms with Crippen molar-refractivity contribution < 1.29 is 22.7 Å². The van der Waals surface area contributed by atoms with Crippen LogP contribution >= 0.6 is 0 Å².